The summed E-state index contributed by atoms with van der Waals surface area (Å²) in [7, 11) is 0. The lowest BCUT2D eigenvalue weighted by atomic mass is 9.91. The van der Waals surface area contributed by atoms with Crippen LogP contribution in [0.5, 0.6) is 0 Å². The largest absolute Gasteiger partial charge is 0.299 e. The highest BCUT2D eigenvalue weighted by Gasteiger charge is 2.54. The zero-order chi connectivity index (χ0) is 28.2. The molecule has 0 bridgehead atoms. The molecule has 1 saturated heterocycles. The van der Waals surface area contributed by atoms with Crippen molar-refractivity contribution < 1.29 is 10.2 Å². The molecular weight excluding hydrogens is 512 g/mol. The van der Waals surface area contributed by atoms with E-state index in [1.807, 2.05) is 25.2 Å². The van der Waals surface area contributed by atoms with Crippen LogP contribution in [0.2, 0.25) is 0 Å². The van der Waals surface area contributed by atoms with Crippen LogP contribution in [0.3, 0.4) is 0 Å². The van der Waals surface area contributed by atoms with Gasteiger partial charge in [-0.3, -0.25) is 10.4 Å². The van der Waals surface area contributed by atoms with E-state index in [0.29, 0.717) is 5.71 Å². The van der Waals surface area contributed by atoms with Gasteiger partial charge in [0.1, 0.15) is 5.69 Å². The van der Waals surface area contributed by atoms with Crippen molar-refractivity contribution in [3.05, 3.63) is 139 Å². The van der Waals surface area contributed by atoms with Gasteiger partial charge in [0.05, 0.1) is 17.0 Å². The average Bonchev–Trinajstić information content (AvgIpc) is 3.51. The molecule has 0 amide bonds. The summed E-state index contributed by atoms with van der Waals surface area (Å²) in [5.74, 6) is 0. The number of hydrogen-bond donors (Lipinski definition) is 3. The van der Waals surface area contributed by atoms with Crippen LogP contribution >= 0.6 is 0 Å². The summed E-state index contributed by atoms with van der Waals surface area (Å²) < 4.78 is 0. The Morgan fingerprint density at radius 1 is 0.738 bits per heavy atom. The Morgan fingerprint density at radius 3 is 2.00 bits per heavy atom. The van der Waals surface area contributed by atoms with Gasteiger partial charge in [-0.25, -0.2) is 5.32 Å². The normalized spacial score (nSPS) is 21.9. The zero-order valence-corrected chi connectivity index (χ0v) is 23.5. The number of aliphatic imine (C=N–C) groups is 1. The third-order valence-electron chi connectivity index (χ3n) is 9.02. The van der Waals surface area contributed by atoms with E-state index in [9.17, 15) is 0 Å². The Balaban J connectivity index is 1.34. The van der Waals surface area contributed by atoms with Crippen LogP contribution in [0.15, 0.2) is 138 Å². The van der Waals surface area contributed by atoms with Crippen molar-refractivity contribution in [1.29, 1.82) is 5.41 Å². The Bertz CT molecular complexity index is 2140. The minimum atomic E-state index is -0.0196. The molecule has 202 valence electrons. The number of nitrogens with zero attached hydrogens (tertiary/aromatic N) is 1. The van der Waals surface area contributed by atoms with E-state index >= 15 is 0 Å². The van der Waals surface area contributed by atoms with Gasteiger partial charge in [0, 0.05) is 11.5 Å². The number of quaternary nitrogens is 2. The first-order valence-corrected chi connectivity index (χ1v) is 14.7. The van der Waals surface area contributed by atoms with Gasteiger partial charge in [0.25, 0.3) is 12.3 Å². The van der Waals surface area contributed by atoms with Crippen molar-refractivity contribution in [2.75, 3.05) is 0 Å². The van der Waals surface area contributed by atoms with Gasteiger partial charge in [-0.15, -0.1) is 0 Å². The van der Waals surface area contributed by atoms with Gasteiger partial charge in [0.2, 0.25) is 0 Å². The lowest BCUT2D eigenvalue weighted by Crippen LogP contribution is -3.43. The smallest absolute Gasteiger partial charge is 0.253 e. The maximum Gasteiger partial charge on any atom is 0.253 e. The number of benzene rings is 6. The van der Waals surface area contributed by atoms with Crippen molar-refractivity contribution in [3.63, 3.8) is 0 Å². The molecule has 6 aromatic carbocycles. The fraction of sp³-hybridized carbons (Fsp3) is 0.105. The molecule has 1 fully saturated rings. The van der Waals surface area contributed by atoms with E-state index in [0.717, 1.165) is 5.71 Å². The minimum Gasteiger partial charge on any atom is -0.299 e. The molecule has 0 aliphatic carbocycles. The predicted molar refractivity (Wildman–Crippen MR) is 175 cm³/mol. The van der Waals surface area contributed by atoms with E-state index in [-0.39, 0.29) is 18.4 Å². The van der Waals surface area contributed by atoms with Crippen molar-refractivity contribution >= 4 is 60.2 Å². The molecule has 0 radical (unpaired) electrons. The molecule has 6 aromatic rings. The Hall–Kier alpha value is -4.90. The molecule has 2 aliphatic heterocycles. The summed E-state index contributed by atoms with van der Waals surface area (Å²) in [5, 5.41) is 21.2. The third kappa shape index (κ3) is 3.84. The Kier molecular flexibility index (Phi) is 5.85. The van der Waals surface area contributed by atoms with Crippen LogP contribution in [0.1, 0.15) is 18.7 Å². The number of fused-ring (bicyclic) bond motifs is 6. The fourth-order valence-corrected chi connectivity index (χ4v) is 7.10. The molecule has 0 aromatic heterocycles. The van der Waals surface area contributed by atoms with E-state index in [1.54, 1.807) is 0 Å². The van der Waals surface area contributed by atoms with E-state index in [2.05, 4.69) is 121 Å². The summed E-state index contributed by atoms with van der Waals surface area (Å²) >= 11 is 0. The van der Waals surface area contributed by atoms with Crippen molar-refractivity contribution in [3.8, 4) is 0 Å². The van der Waals surface area contributed by atoms with Gasteiger partial charge >= 0.3 is 0 Å². The second kappa shape index (κ2) is 9.88. The molecule has 2 aliphatic rings. The quantitative estimate of drug-likeness (QED) is 0.166. The average molecular weight is 545 g/mol. The van der Waals surface area contributed by atoms with Crippen molar-refractivity contribution in [1.82, 2.24) is 0 Å². The first-order chi connectivity index (χ1) is 20.7. The first kappa shape index (κ1) is 24.9. The van der Waals surface area contributed by atoms with Gasteiger partial charge in [-0.1, -0.05) is 97.1 Å². The van der Waals surface area contributed by atoms with Crippen molar-refractivity contribution in [2.45, 2.75) is 25.3 Å². The molecule has 4 unspecified atom stereocenters. The predicted octanol–water partition coefficient (Wildman–Crippen LogP) is 6.39. The number of rotatable bonds is 5. The van der Waals surface area contributed by atoms with E-state index < -0.39 is 0 Å². The maximum absolute atomic E-state index is 8.46. The number of nitrogens with two attached hydrogens (primary N) is 1. The van der Waals surface area contributed by atoms with Crippen LogP contribution in [0.4, 0.5) is 5.69 Å². The lowest BCUT2D eigenvalue weighted by molar-refractivity contribution is -1.21. The van der Waals surface area contributed by atoms with Gasteiger partial charge < -0.3 is 0 Å². The second-order valence-electron chi connectivity index (χ2n) is 11.4. The third-order valence-corrected chi connectivity index (χ3v) is 9.02. The van der Waals surface area contributed by atoms with Crippen LogP contribution in [-0.2, 0) is 0 Å². The highest BCUT2D eigenvalue weighted by Crippen LogP contribution is 2.34. The Labute approximate surface area is 244 Å². The molecular formula is C38H32N4+2. The molecule has 4 nitrogen and oxygen atoms in total. The molecule has 4 N–H and O–H groups in total. The minimum absolute atomic E-state index is 0.0196. The summed E-state index contributed by atoms with van der Waals surface area (Å²) in [6.07, 6.45) is 8.25. The van der Waals surface area contributed by atoms with Gasteiger partial charge in [-0.05, 0) is 75.0 Å². The molecule has 0 spiro atoms. The summed E-state index contributed by atoms with van der Waals surface area (Å²) in [4.78, 5) is 6.48. The summed E-state index contributed by atoms with van der Waals surface area (Å²) in [6, 6.07) is 39.9. The molecule has 2 heterocycles. The molecule has 42 heavy (non-hydrogen) atoms. The number of hydrogen-bond acceptors (Lipinski definition) is 2. The standard InChI is InChI=1S/C38H30N4/c1-2-11-33(39)34-20-21-35(40-34)38-41-37(32-22-24-12-3-5-14-26(24)28-16-7-8-18-30(28)32)42(38)36-23-25-13-4-6-15-27(25)29-17-9-10-19-31(29)36/h2-23,35,37-39,41H,1H3/p+2/b11-2-,39-33?. The number of nitrogens with one attached hydrogen (secondary N) is 2. The highest BCUT2D eigenvalue weighted by molar-refractivity contribution is 6.49. The molecule has 4 heteroatoms. The van der Waals surface area contributed by atoms with E-state index in [1.165, 1.54) is 59.2 Å². The van der Waals surface area contributed by atoms with Crippen LogP contribution in [0, 0.1) is 5.41 Å². The second-order valence-corrected chi connectivity index (χ2v) is 11.4. The SMILES string of the molecule is C/C=C\C(=N)C1=NC(C2[NH2+]C(c3cc4ccccc4c4ccccc34)[NH+]2c2cc3ccccc3c3ccccc23)C=C1. The van der Waals surface area contributed by atoms with E-state index in [4.69, 9.17) is 10.4 Å². The first-order valence-electron chi connectivity index (χ1n) is 14.7. The maximum atomic E-state index is 8.46. The van der Waals surface area contributed by atoms with Gasteiger partial charge in [0.15, 0.2) is 6.04 Å². The summed E-state index contributed by atoms with van der Waals surface area (Å²) in [5.41, 5.74) is 3.87. The number of allylic oxidation sites excluding steroid dienone is 3. The fourth-order valence-electron chi connectivity index (χ4n) is 7.10. The van der Waals surface area contributed by atoms with Crippen LogP contribution in [-0.4, -0.2) is 23.6 Å². The topological polar surface area (TPSA) is 57.3 Å². The molecule has 4 atom stereocenters. The molecule has 0 saturated carbocycles. The molecule has 8 rings (SSSR count). The highest BCUT2D eigenvalue weighted by atomic mass is 15.5. The zero-order valence-electron chi connectivity index (χ0n) is 23.5. The summed E-state index contributed by atoms with van der Waals surface area (Å²) in [6.45, 7) is 1.94. The van der Waals surface area contributed by atoms with Gasteiger partial charge in [-0.2, -0.15) is 4.90 Å². The van der Waals surface area contributed by atoms with Crippen molar-refractivity contribution in [2.24, 2.45) is 4.99 Å². The van der Waals surface area contributed by atoms with Crippen LogP contribution in [0.25, 0.3) is 43.1 Å². The monoisotopic (exact) mass is 544 g/mol. The lowest BCUT2D eigenvalue weighted by Gasteiger charge is -2.43. The van der Waals surface area contributed by atoms with Crippen LogP contribution < -0.4 is 10.2 Å². The Morgan fingerprint density at radius 2 is 1.31 bits per heavy atom.